The number of carbonyl (C=O) groups is 1. The maximum Gasteiger partial charge on any atom is 0.147 e. The second-order valence-electron chi connectivity index (χ2n) is 4.20. The molecule has 0 aromatic carbocycles. The van der Waals surface area contributed by atoms with E-state index in [-0.39, 0.29) is 5.78 Å². The summed E-state index contributed by atoms with van der Waals surface area (Å²) in [5.41, 5.74) is 7.23. The van der Waals surface area contributed by atoms with Gasteiger partial charge in [0.05, 0.1) is 5.75 Å². The lowest BCUT2D eigenvalue weighted by Gasteiger charge is -2.05. The second kappa shape index (κ2) is 6.53. The van der Waals surface area contributed by atoms with Crippen molar-refractivity contribution in [3.05, 3.63) is 24.0 Å². The van der Waals surface area contributed by atoms with Gasteiger partial charge in [-0.2, -0.15) is 11.8 Å². The minimum Gasteiger partial charge on any atom is -0.398 e. The number of carbonyl (C=O) groups excluding carboxylic acids is 1. The summed E-state index contributed by atoms with van der Waals surface area (Å²) in [7, 11) is 0. The summed E-state index contributed by atoms with van der Waals surface area (Å²) in [6.07, 6.45) is 3.70. The molecule has 0 spiro atoms. The Morgan fingerprint density at radius 2 is 2.31 bits per heavy atom. The SMILES string of the molecule is CC(C)CSCC(=O)Cc1cnccc1N. The third-order valence-corrected chi connectivity index (χ3v) is 3.47. The van der Waals surface area contributed by atoms with Gasteiger partial charge in [-0.15, -0.1) is 0 Å². The van der Waals surface area contributed by atoms with Gasteiger partial charge in [0, 0.05) is 30.1 Å². The highest BCUT2D eigenvalue weighted by molar-refractivity contribution is 7.99. The summed E-state index contributed by atoms with van der Waals surface area (Å²) in [5, 5.41) is 0. The van der Waals surface area contributed by atoms with Crippen LogP contribution in [-0.4, -0.2) is 22.3 Å². The van der Waals surface area contributed by atoms with Gasteiger partial charge in [-0.25, -0.2) is 0 Å². The molecule has 2 N–H and O–H groups in total. The number of nitrogens with zero attached hydrogens (tertiary/aromatic N) is 1. The molecule has 0 fully saturated rings. The van der Waals surface area contributed by atoms with E-state index in [4.69, 9.17) is 5.73 Å². The number of thioether (sulfide) groups is 1. The first-order chi connectivity index (χ1) is 7.59. The van der Waals surface area contributed by atoms with E-state index in [0.717, 1.165) is 11.3 Å². The molecule has 0 aliphatic carbocycles. The van der Waals surface area contributed by atoms with Crippen molar-refractivity contribution >= 4 is 23.2 Å². The Morgan fingerprint density at radius 3 is 2.94 bits per heavy atom. The lowest BCUT2D eigenvalue weighted by Crippen LogP contribution is -2.09. The Hall–Kier alpha value is -1.03. The normalized spacial score (nSPS) is 10.7. The van der Waals surface area contributed by atoms with Gasteiger partial charge in [0.2, 0.25) is 0 Å². The van der Waals surface area contributed by atoms with Gasteiger partial charge in [-0.05, 0) is 17.7 Å². The number of hydrogen-bond acceptors (Lipinski definition) is 4. The molecule has 0 radical (unpaired) electrons. The van der Waals surface area contributed by atoms with E-state index < -0.39 is 0 Å². The van der Waals surface area contributed by atoms with Crippen molar-refractivity contribution in [1.82, 2.24) is 4.98 Å². The van der Waals surface area contributed by atoms with E-state index in [1.807, 2.05) is 0 Å². The van der Waals surface area contributed by atoms with Gasteiger partial charge in [0.1, 0.15) is 5.78 Å². The highest BCUT2D eigenvalue weighted by atomic mass is 32.2. The van der Waals surface area contributed by atoms with Crippen LogP contribution in [0.4, 0.5) is 5.69 Å². The molecule has 0 aliphatic rings. The largest absolute Gasteiger partial charge is 0.398 e. The molecule has 0 atom stereocenters. The lowest BCUT2D eigenvalue weighted by atomic mass is 10.1. The molecule has 0 saturated carbocycles. The minimum absolute atomic E-state index is 0.213. The molecule has 4 heteroatoms. The van der Waals surface area contributed by atoms with Crippen molar-refractivity contribution < 1.29 is 4.79 Å². The fraction of sp³-hybridized carbons (Fsp3) is 0.500. The van der Waals surface area contributed by atoms with E-state index in [9.17, 15) is 4.79 Å². The third kappa shape index (κ3) is 4.66. The fourth-order valence-electron chi connectivity index (χ4n) is 1.26. The fourth-order valence-corrected chi connectivity index (χ4v) is 2.18. The summed E-state index contributed by atoms with van der Waals surface area (Å²) in [6, 6.07) is 1.73. The van der Waals surface area contributed by atoms with Gasteiger partial charge < -0.3 is 5.73 Å². The number of anilines is 1. The van der Waals surface area contributed by atoms with Crippen LogP contribution < -0.4 is 5.73 Å². The zero-order valence-corrected chi connectivity index (χ0v) is 10.6. The van der Waals surface area contributed by atoms with Gasteiger partial charge in [0.25, 0.3) is 0 Å². The Morgan fingerprint density at radius 1 is 1.56 bits per heavy atom. The number of rotatable bonds is 6. The Kier molecular flexibility index (Phi) is 5.32. The zero-order valence-electron chi connectivity index (χ0n) is 9.77. The van der Waals surface area contributed by atoms with Crippen molar-refractivity contribution in [3.8, 4) is 0 Å². The molecule has 3 nitrogen and oxygen atoms in total. The zero-order chi connectivity index (χ0) is 12.0. The highest BCUT2D eigenvalue weighted by Gasteiger charge is 2.07. The number of pyridine rings is 1. The second-order valence-corrected chi connectivity index (χ2v) is 5.23. The maximum atomic E-state index is 11.6. The smallest absolute Gasteiger partial charge is 0.147 e. The topological polar surface area (TPSA) is 56.0 Å². The molecule has 1 heterocycles. The minimum atomic E-state index is 0.213. The predicted octanol–water partition coefficient (Wildman–Crippen LogP) is 2.16. The van der Waals surface area contributed by atoms with Gasteiger partial charge in [-0.1, -0.05) is 13.8 Å². The number of Topliss-reactive ketones (excluding diaryl/α,β-unsaturated/α-hetero) is 1. The number of nitrogens with two attached hydrogens (primary N) is 1. The summed E-state index contributed by atoms with van der Waals surface area (Å²) < 4.78 is 0. The molecule has 16 heavy (non-hydrogen) atoms. The average Bonchev–Trinajstić information content (AvgIpc) is 2.21. The Balaban J connectivity index is 2.37. The molecular weight excluding hydrogens is 220 g/mol. The van der Waals surface area contributed by atoms with E-state index >= 15 is 0 Å². The first-order valence-corrected chi connectivity index (χ1v) is 6.53. The number of aromatic nitrogens is 1. The van der Waals surface area contributed by atoms with Crippen molar-refractivity contribution in [2.24, 2.45) is 5.92 Å². The number of nitrogen functional groups attached to an aromatic ring is 1. The van der Waals surface area contributed by atoms with Gasteiger partial charge in [0.15, 0.2) is 0 Å². The summed E-state index contributed by atoms with van der Waals surface area (Å²) in [6.45, 7) is 4.30. The quantitative estimate of drug-likeness (QED) is 0.825. The van der Waals surface area contributed by atoms with E-state index in [1.165, 1.54) is 0 Å². The molecule has 0 bridgehead atoms. The first kappa shape index (κ1) is 13.0. The van der Waals surface area contributed by atoms with Crippen molar-refractivity contribution in [2.75, 3.05) is 17.2 Å². The van der Waals surface area contributed by atoms with Crippen molar-refractivity contribution in [3.63, 3.8) is 0 Å². The van der Waals surface area contributed by atoms with E-state index in [0.29, 0.717) is 23.8 Å². The molecule has 1 rings (SSSR count). The van der Waals surface area contributed by atoms with Crippen LogP contribution >= 0.6 is 11.8 Å². The summed E-state index contributed by atoms with van der Waals surface area (Å²) in [5.74, 6) is 2.42. The molecule has 1 aromatic rings. The van der Waals surface area contributed by atoms with Crippen molar-refractivity contribution in [2.45, 2.75) is 20.3 Å². The monoisotopic (exact) mass is 238 g/mol. The van der Waals surface area contributed by atoms with Crippen LogP contribution in [0.5, 0.6) is 0 Å². The number of hydrogen-bond donors (Lipinski definition) is 1. The van der Waals surface area contributed by atoms with Gasteiger partial charge >= 0.3 is 0 Å². The highest BCUT2D eigenvalue weighted by Crippen LogP contribution is 2.12. The molecule has 0 aliphatic heterocycles. The standard InChI is InChI=1S/C12H18N2OS/c1-9(2)7-16-8-11(15)5-10-6-14-4-3-12(10)13/h3-4,6,9H,5,7-8H2,1-2H3,(H2,13,14). The maximum absolute atomic E-state index is 11.6. The van der Waals surface area contributed by atoms with Crippen molar-refractivity contribution in [1.29, 1.82) is 0 Å². The summed E-state index contributed by atoms with van der Waals surface area (Å²) in [4.78, 5) is 15.6. The molecule has 1 aromatic heterocycles. The van der Waals surface area contributed by atoms with Crippen LogP contribution in [0.3, 0.4) is 0 Å². The predicted molar refractivity (Wildman–Crippen MR) is 69.5 cm³/mol. The molecule has 0 saturated heterocycles. The Bertz CT molecular complexity index is 353. The van der Waals surface area contributed by atoms with Crippen LogP contribution in [-0.2, 0) is 11.2 Å². The van der Waals surface area contributed by atoms with Gasteiger partial charge in [-0.3, -0.25) is 9.78 Å². The lowest BCUT2D eigenvalue weighted by molar-refractivity contribution is -0.115. The average molecular weight is 238 g/mol. The first-order valence-electron chi connectivity index (χ1n) is 5.37. The molecular formula is C12H18N2OS. The molecule has 0 unspecified atom stereocenters. The van der Waals surface area contributed by atoms with Crippen LogP contribution in [0.2, 0.25) is 0 Å². The molecule has 0 amide bonds. The Labute approximate surface area is 101 Å². The van der Waals surface area contributed by atoms with E-state index in [1.54, 1.807) is 30.2 Å². The third-order valence-electron chi connectivity index (χ3n) is 2.04. The van der Waals surface area contributed by atoms with Crippen LogP contribution in [0, 0.1) is 5.92 Å². The molecule has 88 valence electrons. The van der Waals surface area contributed by atoms with Crippen LogP contribution in [0.25, 0.3) is 0 Å². The summed E-state index contributed by atoms with van der Waals surface area (Å²) >= 11 is 1.68. The number of ketones is 1. The van der Waals surface area contributed by atoms with Crippen LogP contribution in [0.1, 0.15) is 19.4 Å². The van der Waals surface area contributed by atoms with Crippen LogP contribution in [0.15, 0.2) is 18.5 Å². The van der Waals surface area contributed by atoms with E-state index in [2.05, 4.69) is 18.8 Å².